The van der Waals surface area contributed by atoms with E-state index in [-0.39, 0.29) is 12.1 Å². The summed E-state index contributed by atoms with van der Waals surface area (Å²) in [5.74, 6) is -0.0443. The van der Waals surface area contributed by atoms with E-state index in [1.807, 2.05) is 18.2 Å². The fraction of sp³-hybridized carbons (Fsp3) is 0.417. The largest absolute Gasteiger partial charge is 0.462 e. The van der Waals surface area contributed by atoms with E-state index in [0.717, 1.165) is 19.3 Å². The fourth-order valence-electron chi connectivity index (χ4n) is 1.80. The minimum atomic E-state index is -0.0443. The minimum absolute atomic E-state index is 0.0443. The molecule has 0 aromatic heterocycles. The molecule has 2 nitrogen and oxygen atoms in total. The van der Waals surface area contributed by atoms with Gasteiger partial charge < -0.3 is 4.74 Å². The van der Waals surface area contributed by atoms with Crippen LogP contribution in [0.3, 0.4) is 0 Å². The smallest absolute Gasteiger partial charge is 0.306 e. The minimum Gasteiger partial charge on any atom is -0.462 e. The first kappa shape index (κ1) is 9.25. The second-order valence-corrected chi connectivity index (χ2v) is 3.69. The summed E-state index contributed by atoms with van der Waals surface area (Å²) in [6, 6.07) is 10.2. The molecule has 1 heterocycles. The zero-order valence-electron chi connectivity index (χ0n) is 8.11. The quantitative estimate of drug-likeness (QED) is 0.669. The summed E-state index contributed by atoms with van der Waals surface area (Å²) in [6.07, 6.45) is 3.51. The molecule has 1 fully saturated rings. The topological polar surface area (TPSA) is 26.3 Å². The molecule has 1 aromatic carbocycles. The van der Waals surface area contributed by atoms with Crippen molar-refractivity contribution in [2.75, 3.05) is 0 Å². The standard InChI is InChI=1S/C12H14O2/c13-12-8-4-7-11(14-12)9-10-5-2-1-3-6-10/h1-3,5-6,11H,4,7-9H2. The molecule has 1 saturated heterocycles. The van der Waals surface area contributed by atoms with Crippen molar-refractivity contribution in [2.45, 2.75) is 31.8 Å². The van der Waals surface area contributed by atoms with Crippen LogP contribution < -0.4 is 0 Å². The number of cyclic esters (lactones) is 1. The Morgan fingerprint density at radius 2 is 2.07 bits per heavy atom. The molecular formula is C12H14O2. The van der Waals surface area contributed by atoms with Crippen molar-refractivity contribution in [2.24, 2.45) is 0 Å². The molecule has 74 valence electrons. The molecule has 0 spiro atoms. The summed E-state index contributed by atoms with van der Waals surface area (Å²) in [5.41, 5.74) is 1.24. The Bertz CT molecular complexity index is 305. The van der Waals surface area contributed by atoms with Gasteiger partial charge in [-0.05, 0) is 18.4 Å². The maximum absolute atomic E-state index is 11.0. The molecule has 0 saturated carbocycles. The van der Waals surface area contributed by atoms with E-state index in [1.165, 1.54) is 5.56 Å². The summed E-state index contributed by atoms with van der Waals surface area (Å²) in [6.45, 7) is 0. The lowest BCUT2D eigenvalue weighted by atomic mass is 10.0. The molecule has 1 aliphatic rings. The molecule has 0 bridgehead atoms. The van der Waals surface area contributed by atoms with E-state index in [1.54, 1.807) is 0 Å². The maximum atomic E-state index is 11.0. The van der Waals surface area contributed by atoms with Gasteiger partial charge in [0, 0.05) is 12.8 Å². The Morgan fingerprint density at radius 3 is 2.79 bits per heavy atom. The summed E-state index contributed by atoms with van der Waals surface area (Å²) < 4.78 is 5.25. The van der Waals surface area contributed by atoms with Crippen molar-refractivity contribution in [1.29, 1.82) is 0 Å². The zero-order chi connectivity index (χ0) is 9.80. The predicted molar refractivity (Wildman–Crippen MR) is 53.9 cm³/mol. The van der Waals surface area contributed by atoms with Gasteiger partial charge >= 0.3 is 5.97 Å². The third-order valence-corrected chi connectivity index (χ3v) is 2.51. The number of esters is 1. The monoisotopic (exact) mass is 190 g/mol. The van der Waals surface area contributed by atoms with E-state index in [0.29, 0.717) is 6.42 Å². The number of rotatable bonds is 2. The van der Waals surface area contributed by atoms with Gasteiger partial charge in [0.2, 0.25) is 0 Å². The summed E-state index contributed by atoms with van der Waals surface area (Å²) in [7, 11) is 0. The Labute approximate surface area is 83.9 Å². The second-order valence-electron chi connectivity index (χ2n) is 3.69. The Balaban J connectivity index is 1.94. The number of ether oxygens (including phenoxy) is 1. The highest BCUT2D eigenvalue weighted by molar-refractivity contribution is 5.70. The highest BCUT2D eigenvalue weighted by Crippen LogP contribution is 2.17. The van der Waals surface area contributed by atoms with E-state index in [2.05, 4.69) is 12.1 Å². The van der Waals surface area contributed by atoms with Gasteiger partial charge in [-0.1, -0.05) is 30.3 Å². The van der Waals surface area contributed by atoms with Crippen molar-refractivity contribution in [3.8, 4) is 0 Å². The molecule has 0 aliphatic carbocycles. The molecule has 14 heavy (non-hydrogen) atoms. The average molecular weight is 190 g/mol. The number of hydrogen-bond acceptors (Lipinski definition) is 2. The third kappa shape index (κ3) is 2.34. The summed E-state index contributed by atoms with van der Waals surface area (Å²) >= 11 is 0. The summed E-state index contributed by atoms with van der Waals surface area (Å²) in [4.78, 5) is 11.0. The lowest BCUT2D eigenvalue weighted by molar-refractivity contribution is -0.153. The number of hydrogen-bond donors (Lipinski definition) is 0. The number of carbonyl (C=O) groups is 1. The van der Waals surface area contributed by atoms with Gasteiger partial charge in [0.1, 0.15) is 6.10 Å². The van der Waals surface area contributed by atoms with E-state index >= 15 is 0 Å². The molecule has 0 N–H and O–H groups in total. The molecule has 1 aromatic rings. The van der Waals surface area contributed by atoms with E-state index < -0.39 is 0 Å². The van der Waals surface area contributed by atoms with Gasteiger partial charge in [-0.15, -0.1) is 0 Å². The van der Waals surface area contributed by atoms with E-state index in [4.69, 9.17) is 4.74 Å². The van der Waals surface area contributed by atoms with Crippen LogP contribution in [0.5, 0.6) is 0 Å². The van der Waals surface area contributed by atoms with Gasteiger partial charge in [0.05, 0.1) is 0 Å². The van der Waals surface area contributed by atoms with Crippen LogP contribution in [0.4, 0.5) is 0 Å². The van der Waals surface area contributed by atoms with Crippen LogP contribution in [-0.2, 0) is 16.0 Å². The summed E-state index contributed by atoms with van der Waals surface area (Å²) in [5, 5.41) is 0. The first-order valence-electron chi connectivity index (χ1n) is 5.08. The van der Waals surface area contributed by atoms with Crippen LogP contribution in [0, 0.1) is 0 Å². The van der Waals surface area contributed by atoms with Crippen LogP contribution >= 0.6 is 0 Å². The average Bonchev–Trinajstić information content (AvgIpc) is 2.19. The molecule has 2 rings (SSSR count). The lowest BCUT2D eigenvalue weighted by Gasteiger charge is -2.22. The molecule has 1 aliphatic heterocycles. The van der Waals surface area contributed by atoms with Crippen LogP contribution in [0.1, 0.15) is 24.8 Å². The fourth-order valence-corrected chi connectivity index (χ4v) is 1.80. The molecular weight excluding hydrogens is 176 g/mol. The van der Waals surface area contributed by atoms with Crippen LogP contribution in [0.25, 0.3) is 0 Å². The maximum Gasteiger partial charge on any atom is 0.306 e. The first-order valence-corrected chi connectivity index (χ1v) is 5.08. The van der Waals surface area contributed by atoms with E-state index in [9.17, 15) is 4.79 Å². The van der Waals surface area contributed by atoms with Crippen LogP contribution in [-0.4, -0.2) is 12.1 Å². The SMILES string of the molecule is O=C1CCCC(Cc2ccccc2)O1. The predicted octanol–water partition coefficient (Wildman–Crippen LogP) is 2.32. The van der Waals surface area contributed by atoms with Gasteiger partial charge in [0.15, 0.2) is 0 Å². The van der Waals surface area contributed by atoms with Crippen molar-refractivity contribution in [1.82, 2.24) is 0 Å². The second kappa shape index (κ2) is 4.27. The highest BCUT2D eigenvalue weighted by atomic mass is 16.5. The van der Waals surface area contributed by atoms with Crippen LogP contribution in [0.15, 0.2) is 30.3 Å². The Hall–Kier alpha value is -1.31. The third-order valence-electron chi connectivity index (χ3n) is 2.51. The number of benzene rings is 1. The molecule has 1 atom stereocenters. The van der Waals surface area contributed by atoms with Crippen molar-refractivity contribution in [3.05, 3.63) is 35.9 Å². The van der Waals surface area contributed by atoms with Crippen molar-refractivity contribution >= 4 is 5.97 Å². The first-order chi connectivity index (χ1) is 6.84. The molecule has 2 heteroatoms. The van der Waals surface area contributed by atoms with Gasteiger partial charge in [-0.3, -0.25) is 4.79 Å². The van der Waals surface area contributed by atoms with Crippen molar-refractivity contribution in [3.63, 3.8) is 0 Å². The van der Waals surface area contributed by atoms with Gasteiger partial charge in [-0.2, -0.15) is 0 Å². The Morgan fingerprint density at radius 1 is 1.29 bits per heavy atom. The van der Waals surface area contributed by atoms with Gasteiger partial charge in [0.25, 0.3) is 0 Å². The Kier molecular flexibility index (Phi) is 2.82. The normalized spacial score (nSPS) is 21.7. The van der Waals surface area contributed by atoms with Gasteiger partial charge in [-0.25, -0.2) is 0 Å². The van der Waals surface area contributed by atoms with Crippen LogP contribution in [0.2, 0.25) is 0 Å². The number of carbonyl (C=O) groups excluding carboxylic acids is 1. The molecule has 1 unspecified atom stereocenters. The molecule has 0 amide bonds. The lowest BCUT2D eigenvalue weighted by Crippen LogP contribution is -2.25. The zero-order valence-corrected chi connectivity index (χ0v) is 8.11. The highest BCUT2D eigenvalue weighted by Gasteiger charge is 2.20. The molecule has 0 radical (unpaired) electrons. The van der Waals surface area contributed by atoms with Crippen molar-refractivity contribution < 1.29 is 9.53 Å².